The van der Waals surface area contributed by atoms with Crippen LogP contribution < -0.4 is 5.32 Å². The molecule has 3 aliphatic heterocycles. The summed E-state index contributed by atoms with van der Waals surface area (Å²) in [4.78, 5) is 23.3. The molecule has 5 atom stereocenters. The SMILES string of the molecule is CC1=CC2=NC3=C(NC2C=C1C)c1ccccc1[C@]31[C@@H](C(=O)c2ccccc2)[C@H](c2ccccc2)[C@H]2CCCCN21. The van der Waals surface area contributed by atoms with Gasteiger partial charge in [0.1, 0.15) is 5.54 Å². The smallest absolute Gasteiger partial charge is 0.169 e. The molecule has 3 heterocycles. The van der Waals surface area contributed by atoms with Crippen molar-refractivity contribution in [3.05, 3.63) is 136 Å². The number of fused-ring (bicyclic) bond motifs is 7. The van der Waals surface area contributed by atoms with E-state index in [9.17, 15) is 0 Å². The molecular weight excluding hydrogens is 502 g/mol. The first-order chi connectivity index (χ1) is 20.1. The zero-order valence-electron chi connectivity index (χ0n) is 23.7. The molecule has 4 nitrogen and oxygen atoms in total. The molecule has 3 aromatic rings. The Balaban J connectivity index is 1.43. The van der Waals surface area contributed by atoms with Gasteiger partial charge in [-0.25, -0.2) is 0 Å². The summed E-state index contributed by atoms with van der Waals surface area (Å²) in [5, 5.41) is 3.91. The van der Waals surface area contributed by atoms with Gasteiger partial charge in [0, 0.05) is 23.1 Å². The molecule has 41 heavy (non-hydrogen) atoms. The number of hydrogen-bond acceptors (Lipinski definition) is 4. The van der Waals surface area contributed by atoms with E-state index in [0.717, 1.165) is 42.1 Å². The van der Waals surface area contributed by atoms with E-state index in [2.05, 4.69) is 90.8 Å². The summed E-state index contributed by atoms with van der Waals surface area (Å²) in [5.41, 5.74) is 9.50. The van der Waals surface area contributed by atoms with Gasteiger partial charge in [-0.15, -0.1) is 0 Å². The first-order valence-electron chi connectivity index (χ1n) is 15.1. The summed E-state index contributed by atoms with van der Waals surface area (Å²) in [6.45, 7) is 5.30. The van der Waals surface area contributed by atoms with Crippen LogP contribution in [0.4, 0.5) is 0 Å². The summed E-state index contributed by atoms with van der Waals surface area (Å²) in [6, 6.07) is 29.8. The van der Waals surface area contributed by atoms with E-state index in [1.54, 1.807) is 0 Å². The number of rotatable bonds is 3. The second-order valence-electron chi connectivity index (χ2n) is 12.3. The van der Waals surface area contributed by atoms with Gasteiger partial charge in [-0.3, -0.25) is 14.7 Å². The van der Waals surface area contributed by atoms with Gasteiger partial charge in [-0.05, 0) is 61.6 Å². The Morgan fingerprint density at radius 3 is 2.44 bits per heavy atom. The van der Waals surface area contributed by atoms with Crippen LogP contribution in [0.1, 0.15) is 66.1 Å². The Kier molecular flexibility index (Phi) is 5.59. The number of benzene rings is 3. The van der Waals surface area contributed by atoms with Gasteiger partial charge in [-0.2, -0.15) is 0 Å². The lowest BCUT2D eigenvalue weighted by molar-refractivity contribution is 0.0648. The molecule has 3 aromatic carbocycles. The van der Waals surface area contributed by atoms with E-state index in [1.165, 1.54) is 34.3 Å². The van der Waals surface area contributed by atoms with E-state index in [-0.39, 0.29) is 29.7 Å². The van der Waals surface area contributed by atoms with Crippen molar-refractivity contribution in [1.82, 2.24) is 10.2 Å². The molecule has 2 fully saturated rings. The topological polar surface area (TPSA) is 44.7 Å². The number of allylic oxidation sites excluding steroid dienone is 2. The minimum absolute atomic E-state index is 0.0346. The Morgan fingerprint density at radius 1 is 0.902 bits per heavy atom. The third-order valence-corrected chi connectivity index (χ3v) is 10.2. The Hall–Kier alpha value is -4.02. The molecule has 8 rings (SSSR count). The highest BCUT2D eigenvalue weighted by Crippen LogP contribution is 2.64. The largest absolute Gasteiger partial charge is 0.371 e. The molecule has 1 N–H and O–H groups in total. The van der Waals surface area contributed by atoms with Crippen LogP contribution in [-0.4, -0.2) is 35.0 Å². The second-order valence-corrected chi connectivity index (χ2v) is 12.3. The number of ketones is 1. The van der Waals surface area contributed by atoms with Crippen molar-refractivity contribution in [2.24, 2.45) is 10.9 Å². The van der Waals surface area contributed by atoms with Gasteiger partial charge in [0.15, 0.2) is 5.78 Å². The van der Waals surface area contributed by atoms with Gasteiger partial charge in [0.25, 0.3) is 0 Å². The third-order valence-electron chi connectivity index (χ3n) is 10.2. The predicted molar refractivity (Wildman–Crippen MR) is 165 cm³/mol. The first-order valence-corrected chi connectivity index (χ1v) is 15.1. The monoisotopic (exact) mass is 537 g/mol. The maximum atomic E-state index is 15.1. The molecule has 0 amide bonds. The highest BCUT2D eigenvalue weighted by atomic mass is 16.1. The minimum atomic E-state index is -0.645. The highest BCUT2D eigenvalue weighted by molar-refractivity contribution is 6.08. The maximum Gasteiger partial charge on any atom is 0.169 e. The van der Waals surface area contributed by atoms with Crippen molar-refractivity contribution in [3.8, 4) is 0 Å². The zero-order chi connectivity index (χ0) is 27.7. The van der Waals surface area contributed by atoms with E-state index >= 15 is 4.79 Å². The fraction of sp³-hybridized carbons (Fsp3) is 0.297. The molecule has 1 spiro atoms. The molecule has 4 heteroatoms. The van der Waals surface area contributed by atoms with Crippen LogP contribution in [0.15, 0.2) is 119 Å². The van der Waals surface area contributed by atoms with Crippen molar-refractivity contribution in [2.75, 3.05) is 6.54 Å². The van der Waals surface area contributed by atoms with Gasteiger partial charge < -0.3 is 5.32 Å². The number of Topliss-reactive ketones (excluding diaryl/α,β-unsaturated/α-hetero) is 1. The Bertz CT molecular complexity index is 1680. The van der Waals surface area contributed by atoms with E-state index in [4.69, 9.17) is 4.99 Å². The molecule has 0 radical (unpaired) electrons. The lowest BCUT2D eigenvalue weighted by Crippen LogP contribution is -2.52. The molecule has 0 aromatic heterocycles. The standard InChI is InChI=1S/C37H35N3O/c1-23-21-29-30(22-24(23)2)39-36-34(38-29)27-17-9-10-18-28(27)37(36)33(35(41)26-15-7-4-8-16-26)32(25-13-5-3-6-14-25)31-19-11-12-20-40(31)37/h3-10,13-18,21-22,29,31-33,38H,11-12,19-20H2,1-2H3/t29?,31-,32-,33-,37+/m1/s1. The summed E-state index contributed by atoms with van der Waals surface area (Å²) in [6.07, 6.45) is 7.92. The fourth-order valence-corrected chi connectivity index (χ4v) is 8.42. The summed E-state index contributed by atoms with van der Waals surface area (Å²) >= 11 is 0. The van der Waals surface area contributed by atoms with Crippen LogP contribution in [0.2, 0.25) is 0 Å². The number of piperidine rings is 1. The molecule has 2 aliphatic carbocycles. The van der Waals surface area contributed by atoms with Crippen LogP contribution in [0.3, 0.4) is 0 Å². The van der Waals surface area contributed by atoms with Crippen molar-refractivity contribution < 1.29 is 4.79 Å². The molecule has 0 bridgehead atoms. The zero-order valence-corrected chi connectivity index (χ0v) is 23.7. The summed E-state index contributed by atoms with van der Waals surface area (Å²) < 4.78 is 0. The Labute approximate surface area is 242 Å². The number of hydrogen-bond donors (Lipinski definition) is 1. The van der Waals surface area contributed by atoms with Crippen LogP contribution in [0.5, 0.6) is 0 Å². The fourth-order valence-electron chi connectivity index (χ4n) is 8.42. The average Bonchev–Trinajstić information content (AvgIpc) is 3.48. The highest BCUT2D eigenvalue weighted by Gasteiger charge is 2.67. The average molecular weight is 538 g/mol. The summed E-state index contributed by atoms with van der Waals surface area (Å²) in [5.74, 6) is -0.0312. The molecule has 2 saturated heterocycles. The number of nitrogens with one attached hydrogen (secondary N) is 1. The first kappa shape index (κ1) is 24.8. The lowest BCUT2D eigenvalue weighted by atomic mass is 9.68. The minimum Gasteiger partial charge on any atom is -0.371 e. The molecule has 0 saturated carbocycles. The molecule has 204 valence electrons. The van der Waals surface area contributed by atoms with Gasteiger partial charge in [0.05, 0.1) is 29.1 Å². The molecular formula is C37H35N3O. The molecule has 5 aliphatic rings. The van der Waals surface area contributed by atoms with Crippen LogP contribution >= 0.6 is 0 Å². The van der Waals surface area contributed by atoms with Gasteiger partial charge in [-0.1, -0.05) is 97.4 Å². The van der Waals surface area contributed by atoms with Crippen molar-refractivity contribution in [2.45, 2.75) is 56.7 Å². The number of aliphatic imine (C=N–C) groups is 1. The van der Waals surface area contributed by atoms with Crippen molar-refractivity contribution >= 4 is 17.2 Å². The number of carbonyl (C=O) groups excluding carboxylic acids is 1. The third kappa shape index (κ3) is 3.43. The quantitative estimate of drug-likeness (QED) is 0.365. The normalized spacial score (nSPS) is 30.0. The Morgan fingerprint density at radius 2 is 1.63 bits per heavy atom. The van der Waals surface area contributed by atoms with Gasteiger partial charge in [0.2, 0.25) is 0 Å². The van der Waals surface area contributed by atoms with E-state index in [1.807, 2.05) is 30.3 Å². The second kappa shape index (κ2) is 9.25. The van der Waals surface area contributed by atoms with Crippen LogP contribution in [-0.2, 0) is 5.54 Å². The van der Waals surface area contributed by atoms with Crippen molar-refractivity contribution in [1.29, 1.82) is 0 Å². The van der Waals surface area contributed by atoms with Crippen LogP contribution in [0, 0.1) is 5.92 Å². The van der Waals surface area contributed by atoms with Crippen molar-refractivity contribution in [3.63, 3.8) is 0 Å². The number of nitrogens with zero attached hydrogens (tertiary/aromatic N) is 2. The predicted octanol–water partition coefficient (Wildman–Crippen LogP) is 7.03. The van der Waals surface area contributed by atoms with E-state index in [0.29, 0.717) is 0 Å². The summed E-state index contributed by atoms with van der Waals surface area (Å²) in [7, 11) is 0. The lowest BCUT2D eigenvalue weighted by Gasteiger charge is -2.45. The maximum absolute atomic E-state index is 15.1. The molecule has 1 unspecified atom stereocenters. The van der Waals surface area contributed by atoms with Gasteiger partial charge >= 0.3 is 0 Å². The number of carbonyl (C=O) groups is 1. The van der Waals surface area contributed by atoms with E-state index < -0.39 is 5.54 Å². The van der Waals surface area contributed by atoms with Crippen LogP contribution in [0.25, 0.3) is 5.70 Å².